The molecule has 0 aromatic heterocycles. The number of carbonyl (C=O) groups is 1. The van der Waals surface area contributed by atoms with Crippen LogP contribution in [0.5, 0.6) is 5.75 Å². The molecular formula is C12H15NO4. The SMILES string of the molecule is CCOC(=O)/C(Cc1ccc(O)cc1)=N/OC. The molecule has 0 aliphatic carbocycles. The van der Waals surface area contributed by atoms with E-state index in [0.29, 0.717) is 6.42 Å². The van der Waals surface area contributed by atoms with Gasteiger partial charge in [0, 0.05) is 6.42 Å². The molecule has 5 nitrogen and oxygen atoms in total. The highest BCUT2D eigenvalue weighted by Gasteiger charge is 2.14. The van der Waals surface area contributed by atoms with Crippen molar-refractivity contribution in [3.8, 4) is 5.75 Å². The number of benzene rings is 1. The van der Waals surface area contributed by atoms with Crippen LogP contribution in [-0.2, 0) is 20.8 Å². The summed E-state index contributed by atoms with van der Waals surface area (Å²) in [5.74, 6) is -0.322. The van der Waals surface area contributed by atoms with Gasteiger partial charge in [0.15, 0.2) is 5.71 Å². The molecule has 0 unspecified atom stereocenters. The minimum Gasteiger partial charge on any atom is -0.508 e. The Balaban J connectivity index is 2.77. The molecule has 0 saturated heterocycles. The Morgan fingerprint density at radius 3 is 2.53 bits per heavy atom. The summed E-state index contributed by atoms with van der Waals surface area (Å²) in [6, 6.07) is 6.51. The Labute approximate surface area is 99.7 Å². The molecule has 0 aliphatic rings. The first-order chi connectivity index (χ1) is 8.17. The van der Waals surface area contributed by atoms with E-state index in [9.17, 15) is 4.79 Å². The largest absolute Gasteiger partial charge is 0.508 e. The third kappa shape index (κ3) is 4.14. The number of oxime groups is 1. The first-order valence-corrected chi connectivity index (χ1v) is 5.22. The van der Waals surface area contributed by atoms with E-state index in [1.54, 1.807) is 31.2 Å². The standard InChI is InChI=1S/C12H15NO4/c1-3-17-12(15)11(13-16-2)8-9-4-6-10(14)7-5-9/h4-7,14H,3,8H2,1-2H3/b13-11+. The maximum absolute atomic E-state index is 11.5. The second-order valence-electron chi connectivity index (χ2n) is 3.28. The minimum atomic E-state index is -0.498. The highest BCUT2D eigenvalue weighted by molar-refractivity contribution is 6.36. The number of ether oxygens (including phenoxy) is 1. The fourth-order valence-corrected chi connectivity index (χ4v) is 1.27. The van der Waals surface area contributed by atoms with E-state index in [-0.39, 0.29) is 18.1 Å². The first kappa shape index (κ1) is 13.0. The van der Waals surface area contributed by atoms with Crippen molar-refractivity contribution in [1.82, 2.24) is 0 Å². The van der Waals surface area contributed by atoms with Gasteiger partial charge in [0.05, 0.1) is 6.61 Å². The molecule has 1 N–H and O–H groups in total. The lowest BCUT2D eigenvalue weighted by molar-refractivity contribution is -0.135. The van der Waals surface area contributed by atoms with Gasteiger partial charge >= 0.3 is 5.97 Å². The fraction of sp³-hybridized carbons (Fsp3) is 0.333. The normalized spacial score (nSPS) is 11.1. The molecule has 0 heterocycles. The number of esters is 1. The predicted molar refractivity (Wildman–Crippen MR) is 62.9 cm³/mol. The highest BCUT2D eigenvalue weighted by atomic mass is 16.6. The summed E-state index contributed by atoms with van der Waals surface area (Å²) in [4.78, 5) is 16.1. The van der Waals surface area contributed by atoms with Crippen LogP contribution in [0.25, 0.3) is 0 Å². The maximum Gasteiger partial charge on any atom is 0.356 e. The molecule has 5 heteroatoms. The molecule has 0 atom stereocenters. The molecule has 0 amide bonds. The van der Waals surface area contributed by atoms with Crippen molar-refractivity contribution in [2.75, 3.05) is 13.7 Å². The van der Waals surface area contributed by atoms with E-state index in [1.165, 1.54) is 7.11 Å². The van der Waals surface area contributed by atoms with Crippen LogP contribution < -0.4 is 0 Å². The van der Waals surface area contributed by atoms with Crippen LogP contribution in [0.4, 0.5) is 0 Å². The van der Waals surface area contributed by atoms with Crippen LogP contribution in [0, 0.1) is 0 Å². The average molecular weight is 237 g/mol. The van der Waals surface area contributed by atoms with Crippen molar-refractivity contribution in [2.45, 2.75) is 13.3 Å². The average Bonchev–Trinajstić information content (AvgIpc) is 2.31. The van der Waals surface area contributed by atoms with Crippen molar-refractivity contribution < 1.29 is 19.5 Å². The Kier molecular flexibility index (Phi) is 5.00. The van der Waals surface area contributed by atoms with Gasteiger partial charge in [-0.15, -0.1) is 0 Å². The highest BCUT2D eigenvalue weighted by Crippen LogP contribution is 2.11. The molecule has 0 fully saturated rings. The lowest BCUT2D eigenvalue weighted by Crippen LogP contribution is -2.20. The molecule has 1 aromatic carbocycles. The fourth-order valence-electron chi connectivity index (χ4n) is 1.27. The van der Waals surface area contributed by atoms with Crippen molar-refractivity contribution in [1.29, 1.82) is 0 Å². The van der Waals surface area contributed by atoms with Gasteiger partial charge in [0.2, 0.25) is 0 Å². The summed E-state index contributed by atoms with van der Waals surface area (Å²) < 4.78 is 4.85. The number of phenols is 1. The molecular weight excluding hydrogens is 222 g/mol. The molecule has 1 aromatic rings. The Morgan fingerprint density at radius 2 is 2.00 bits per heavy atom. The van der Waals surface area contributed by atoms with Crippen molar-refractivity contribution in [2.24, 2.45) is 5.16 Å². The van der Waals surface area contributed by atoms with Crippen LogP contribution in [-0.4, -0.2) is 30.5 Å². The van der Waals surface area contributed by atoms with E-state index in [4.69, 9.17) is 9.84 Å². The van der Waals surface area contributed by atoms with Gasteiger partial charge < -0.3 is 14.7 Å². The summed E-state index contributed by atoms with van der Waals surface area (Å²) in [6.07, 6.45) is 0.299. The zero-order valence-corrected chi connectivity index (χ0v) is 9.84. The van der Waals surface area contributed by atoms with Gasteiger partial charge in [0.1, 0.15) is 12.9 Å². The van der Waals surface area contributed by atoms with Crippen molar-refractivity contribution >= 4 is 11.7 Å². The lowest BCUT2D eigenvalue weighted by Gasteiger charge is -2.05. The number of carbonyl (C=O) groups excluding carboxylic acids is 1. The summed E-state index contributed by atoms with van der Waals surface area (Å²) in [6.45, 7) is 2.01. The molecule has 1 rings (SSSR count). The zero-order valence-electron chi connectivity index (χ0n) is 9.84. The van der Waals surface area contributed by atoms with Crippen LogP contribution in [0.1, 0.15) is 12.5 Å². The van der Waals surface area contributed by atoms with Gasteiger partial charge in [-0.3, -0.25) is 0 Å². The summed E-state index contributed by atoms with van der Waals surface area (Å²) in [5.41, 5.74) is 1.03. The molecule has 0 saturated carbocycles. The molecule has 92 valence electrons. The summed E-state index contributed by atoms with van der Waals surface area (Å²) in [5, 5.41) is 12.8. The lowest BCUT2D eigenvalue weighted by atomic mass is 10.1. The Bertz CT molecular complexity index is 397. The number of rotatable bonds is 5. The van der Waals surface area contributed by atoms with Gasteiger partial charge in [-0.1, -0.05) is 17.3 Å². The minimum absolute atomic E-state index is 0.176. The number of nitrogens with zero attached hydrogens (tertiary/aromatic N) is 1. The summed E-state index contributed by atoms with van der Waals surface area (Å²) in [7, 11) is 1.37. The van der Waals surface area contributed by atoms with Gasteiger partial charge in [0.25, 0.3) is 0 Å². The Hall–Kier alpha value is -2.04. The summed E-state index contributed by atoms with van der Waals surface area (Å²) >= 11 is 0. The second kappa shape index (κ2) is 6.52. The molecule has 0 spiro atoms. The number of phenolic OH excluding ortho intramolecular Hbond substituents is 1. The van der Waals surface area contributed by atoms with Crippen LogP contribution in [0.2, 0.25) is 0 Å². The molecule has 17 heavy (non-hydrogen) atoms. The van der Waals surface area contributed by atoms with Gasteiger partial charge in [-0.25, -0.2) is 4.79 Å². The van der Waals surface area contributed by atoms with Crippen LogP contribution in [0.3, 0.4) is 0 Å². The van der Waals surface area contributed by atoms with E-state index >= 15 is 0 Å². The van der Waals surface area contributed by atoms with E-state index in [0.717, 1.165) is 5.56 Å². The number of aromatic hydroxyl groups is 1. The third-order valence-electron chi connectivity index (χ3n) is 2.02. The third-order valence-corrected chi connectivity index (χ3v) is 2.02. The Morgan fingerprint density at radius 1 is 1.35 bits per heavy atom. The number of hydrogen-bond donors (Lipinski definition) is 1. The molecule has 0 radical (unpaired) electrons. The van der Waals surface area contributed by atoms with Crippen LogP contribution in [0.15, 0.2) is 29.4 Å². The van der Waals surface area contributed by atoms with Gasteiger partial charge in [-0.05, 0) is 24.6 Å². The predicted octanol–water partition coefficient (Wildman–Crippen LogP) is 1.50. The van der Waals surface area contributed by atoms with E-state index < -0.39 is 5.97 Å². The van der Waals surface area contributed by atoms with Gasteiger partial charge in [-0.2, -0.15) is 0 Å². The van der Waals surface area contributed by atoms with E-state index in [2.05, 4.69) is 9.99 Å². The van der Waals surface area contributed by atoms with E-state index in [1.807, 2.05) is 0 Å². The quantitative estimate of drug-likeness (QED) is 0.478. The van der Waals surface area contributed by atoms with Crippen molar-refractivity contribution in [3.05, 3.63) is 29.8 Å². The molecule has 0 aliphatic heterocycles. The second-order valence-corrected chi connectivity index (χ2v) is 3.28. The number of hydrogen-bond acceptors (Lipinski definition) is 5. The smallest absolute Gasteiger partial charge is 0.356 e. The molecule has 0 bridgehead atoms. The first-order valence-electron chi connectivity index (χ1n) is 5.22. The van der Waals surface area contributed by atoms with Crippen LogP contribution >= 0.6 is 0 Å². The maximum atomic E-state index is 11.5. The zero-order chi connectivity index (χ0) is 12.7. The van der Waals surface area contributed by atoms with Crippen molar-refractivity contribution in [3.63, 3.8) is 0 Å². The monoisotopic (exact) mass is 237 g/mol. The topological polar surface area (TPSA) is 68.1 Å².